The maximum absolute atomic E-state index is 12.7. The first kappa shape index (κ1) is 20.1. The summed E-state index contributed by atoms with van der Waals surface area (Å²) in [6.07, 6.45) is 0.888. The van der Waals surface area contributed by atoms with E-state index in [0.717, 1.165) is 11.3 Å². The smallest absolute Gasteiger partial charge is 0.277 e. The van der Waals surface area contributed by atoms with Crippen molar-refractivity contribution in [3.63, 3.8) is 0 Å². The molecule has 0 bridgehead atoms. The van der Waals surface area contributed by atoms with Gasteiger partial charge in [-0.2, -0.15) is 0 Å². The number of nitrogens with zero attached hydrogens (tertiary/aromatic N) is 1. The van der Waals surface area contributed by atoms with E-state index in [1.807, 2.05) is 19.1 Å². The molecular formula is C22H23N3O4. The molecule has 7 nitrogen and oxygen atoms in total. The molecule has 2 aromatic rings. The number of benzene rings is 2. The van der Waals surface area contributed by atoms with Crippen molar-refractivity contribution in [2.24, 2.45) is 0 Å². The average molecular weight is 393 g/mol. The number of carbonyl (C=O) groups is 3. The van der Waals surface area contributed by atoms with Crippen molar-refractivity contribution in [2.45, 2.75) is 20.3 Å². The van der Waals surface area contributed by atoms with Gasteiger partial charge < -0.3 is 15.4 Å². The minimum absolute atomic E-state index is 0.184. The number of carbonyl (C=O) groups excluding carboxylic acids is 3. The quantitative estimate of drug-likeness (QED) is 0.705. The van der Waals surface area contributed by atoms with Gasteiger partial charge >= 0.3 is 0 Å². The van der Waals surface area contributed by atoms with Crippen LogP contribution in [0.3, 0.4) is 0 Å². The third kappa shape index (κ3) is 4.45. The van der Waals surface area contributed by atoms with Crippen LogP contribution in [0.15, 0.2) is 54.2 Å². The molecule has 0 spiro atoms. The first-order valence-corrected chi connectivity index (χ1v) is 9.35. The number of amides is 3. The second-order valence-corrected chi connectivity index (χ2v) is 6.68. The van der Waals surface area contributed by atoms with Crippen LogP contribution in [0, 0.1) is 0 Å². The van der Waals surface area contributed by atoms with Crippen molar-refractivity contribution in [3.8, 4) is 5.75 Å². The van der Waals surface area contributed by atoms with Crippen LogP contribution >= 0.6 is 0 Å². The number of hydrogen-bond acceptors (Lipinski definition) is 5. The van der Waals surface area contributed by atoms with E-state index in [1.54, 1.807) is 36.4 Å². The number of likely N-dealkylation sites (N-methyl/N-ethyl adjacent to an activating group) is 1. The SMILES string of the molecule is CCCOc1cccc(NC2=C(c3ccc(NC(C)=O)cc3)C(=O)N(C)C2=O)c1. The molecule has 0 saturated heterocycles. The molecule has 0 aromatic heterocycles. The van der Waals surface area contributed by atoms with E-state index in [9.17, 15) is 14.4 Å². The fourth-order valence-corrected chi connectivity index (χ4v) is 2.98. The second kappa shape index (κ2) is 8.60. The Bertz CT molecular complexity index is 980. The number of rotatable bonds is 7. The molecule has 3 rings (SSSR count). The van der Waals surface area contributed by atoms with E-state index < -0.39 is 5.91 Å². The Morgan fingerprint density at radius 3 is 2.41 bits per heavy atom. The van der Waals surface area contributed by atoms with Crippen molar-refractivity contribution in [3.05, 3.63) is 59.8 Å². The van der Waals surface area contributed by atoms with Crippen LogP contribution in [0.1, 0.15) is 25.8 Å². The first-order chi connectivity index (χ1) is 13.9. The van der Waals surface area contributed by atoms with Gasteiger partial charge in [-0.25, -0.2) is 0 Å². The zero-order valence-corrected chi connectivity index (χ0v) is 16.6. The van der Waals surface area contributed by atoms with Crippen LogP contribution in [0.2, 0.25) is 0 Å². The van der Waals surface area contributed by atoms with Gasteiger partial charge in [0.2, 0.25) is 5.91 Å². The van der Waals surface area contributed by atoms with E-state index in [-0.39, 0.29) is 23.1 Å². The highest BCUT2D eigenvalue weighted by Gasteiger charge is 2.36. The highest BCUT2D eigenvalue weighted by atomic mass is 16.5. The highest BCUT2D eigenvalue weighted by Crippen LogP contribution is 2.31. The molecule has 1 aliphatic rings. The third-order valence-electron chi connectivity index (χ3n) is 4.36. The summed E-state index contributed by atoms with van der Waals surface area (Å²) in [5.74, 6) is -0.292. The summed E-state index contributed by atoms with van der Waals surface area (Å²) in [6.45, 7) is 4.04. The summed E-state index contributed by atoms with van der Waals surface area (Å²) in [5, 5.41) is 5.76. The van der Waals surface area contributed by atoms with Crippen LogP contribution in [0.4, 0.5) is 11.4 Å². The molecule has 0 saturated carbocycles. The molecule has 0 radical (unpaired) electrons. The maximum Gasteiger partial charge on any atom is 0.277 e. The predicted molar refractivity (Wildman–Crippen MR) is 111 cm³/mol. The lowest BCUT2D eigenvalue weighted by Gasteiger charge is -2.11. The van der Waals surface area contributed by atoms with Crippen LogP contribution in [-0.2, 0) is 14.4 Å². The average Bonchev–Trinajstić information content (AvgIpc) is 2.91. The van der Waals surface area contributed by atoms with Gasteiger partial charge in [-0.3, -0.25) is 19.3 Å². The summed E-state index contributed by atoms with van der Waals surface area (Å²) in [7, 11) is 1.45. The zero-order valence-electron chi connectivity index (χ0n) is 16.6. The third-order valence-corrected chi connectivity index (χ3v) is 4.36. The van der Waals surface area contributed by atoms with Crippen molar-refractivity contribution in [2.75, 3.05) is 24.3 Å². The Morgan fingerprint density at radius 1 is 1.03 bits per heavy atom. The highest BCUT2D eigenvalue weighted by molar-refractivity contribution is 6.36. The van der Waals surface area contributed by atoms with Gasteiger partial charge in [0.15, 0.2) is 0 Å². The van der Waals surface area contributed by atoms with Crippen LogP contribution in [0.25, 0.3) is 5.57 Å². The maximum atomic E-state index is 12.7. The molecule has 3 amide bonds. The summed E-state index contributed by atoms with van der Waals surface area (Å²) in [4.78, 5) is 37.6. The molecule has 0 atom stereocenters. The Hall–Kier alpha value is -3.61. The number of ether oxygens (including phenoxy) is 1. The van der Waals surface area contributed by atoms with Crippen LogP contribution in [-0.4, -0.2) is 36.3 Å². The lowest BCUT2D eigenvalue weighted by Crippen LogP contribution is -2.27. The Balaban J connectivity index is 1.94. The molecule has 29 heavy (non-hydrogen) atoms. The van der Waals surface area contributed by atoms with E-state index in [2.05, 4.69) is 10.6 Å². The molecular weight excluding hydrogens is 370 g/mol. The van der Waals surface area contributed by atoms with E-state index >= 15 is 0 Å². The van der Waals surface area contributed by atoms with Crippen LogP contribution < -0.4 is 15.4 Å². The van der Waals surface area contributed by atoms with E-state index in [0.29, 0.717) is 29.3 Å². The molecule has 1 aliphatic heterocycles. The molecule has 0 fully saturated rings. The van der Waals surface area contributed by atoms with Crippen molar-refractivity contribution in [1.29, 1.82) is 0 Å². The molecule has 2 N–H and O–H groups in total. The minimum atomic E-state index is -0.407. The fourth-order valence-electron chi connectivity index (χ4n) is 2.98. The molecule has 1 heterocycles. The molecule has 2 aromatic carbocycles. The van der Waals surface area contributed by atoms with Gasteiger partial charge in [0.05, 0.1) is 12.2 Å². The largest absolute Gasteiger partial charge is 0.494 e. The molecule has 0 unspecified atom stereocenters. The lowest BCUT2D eigenvalue weighted by molar-refractivity contribution is -0.135. The van der Waals surface area contributed by atoms with E-state index in [1.165, 1.54) is 14.0 Å². The van der Waals surface area contributed by atoms with Crippen LogP contribution in [0.5, 0.6) is 5.75 Å². The Kier molecular flexibility index (Phi) is 5.97. The zero-order chi connectivity index (χ0) is 21.0. The molecule has 150 valence electrons. The summed E-state index contributed by atoms with van der Waals surface area (Å²) < 4.78 is 5.63. The number of imide groups is 1. The molecule has 0 aliphatic carbocycles. The topological polar surface area (TPSA) is 87.7 Å². The standard InChI is InChI=1S/C22H23N3O4/c1-4-12-29-18-7-5-6-17(13-18)24-20-19(21(27)25(3)22(20)28)15-8-10-16(11-9-15)23-14(2)26/h5-11,13,24H,4,12H2,1-3H3,(H,23,26). The predicted octanol–water partition coefficient (Wildman–Crippen LogP) is 3.26. The minimum Gasteiger partial charge on any atom is -0.494 e. The van der Waals surface area contributed by atoms with Gasteiger partial charge in [-0.05, 0) is 36.2 Å². The van der Waals surface area contributed by atoms with Crippen molar-refractivity contribution in [1.82, 2.24) is 4.90 Å². The first-order valence-electron chi connectivity index (χ1n) is 9.35. The monoisotopic (exact) mass is 393 g/mol. The van der Waals surface area contributed by atoms with Crippen molar-refractivity contribution < 1.29 is 19.1 Å². The van der Waals surface area contributed by atoms with Crippen molar-refractivity contribution >= 4 is 34.7 Å². The number of nitrogens with one attached hydrogen (secondary N) is 2. The summed E-state index contributed by atoms with van der Waals surface area (Å²) in [6, 6.07) is 14.0. The van der Waals surface area contributed by atoms with Gasteiger partial charge in [0.25, 0.3) is 11.8 Å². The van der Waals surface area contributed by atoms with Gasteiger partial charge in [-0.15, -0.1) is 0 Å². The van der Waals surface area contributed by atoms with Gasteiger partial charge in [0.1, 0.15) is 11.4 Å². The summed E-state index contributed by atoms with van der Waals surface area (Å²) in [5.41, 5.74) is 2.34. The Labute approximate surface area is 169 Å². The number of hydrogen-bond donors (Lipinski definition) is 2. The molecule has 7 heteroatoms. The fraction of sp³-hybridized carbons (Fsp3) is 0.227. The Morgan fingerprint density at radius 2 is 1.76 bits per heavy atom. The second-order valence-electron chi connectivity index (χ2n) is 6.68. The lowest BCUT2D eigenvalue weighted by atomic mass is 10.0. The summed E-state index contributed by atoms with van der Waals surface area (Å²) >= 11 is 0. The number of anilines is 2. The van der Waals surface area contributed by atoms with E-state index in [4.69, 9.17) is 4.74 Å². The normalized spacial score (nSPS) is 13.7. The van der Waals surface area contributed by atoms with Gasteiger partial charge in [-0.1, -0.05) is 25.1 Å². The van der Waals surface area contributed by atoms with Gasteiger partial charge in [0, 0.05) is 31.4 Å².